The molecule has 1 heterocycles. The van der Waals surface area contributed by atoms with Crippen LogP contribution in [0.4, 0.5) is 5.69 Å². The summed E-state index contributed by atoms with van der Waals surface area (Å²) in [7, 11) is 0. The largest absolute Gasteiger partial charge is 0.269 e. The zero-order valence-electron chi connectivity index (χ0n) is 16.7. The number of nitrogens with zero attached hydrogens (tertiary/aromatic N) is 4. The molecule has 7 heteroatoms. The van der Waals surface area contributed by atoms with Crippen LogP contribution in [-0.2, 0) is 6.42 Å². The summed E-state index contributed by atoms with van der Waals surface area (Å²) in [5.41, 5.74) is 6.31. The number of hydrogen-bond acceptors (Lipinski definition) is 5. The van der Waals surface area contributed by atoms with Crippen LogP contribution in [0.2, 0.25) is 0 Å². The first kappa shape index (κ1) is 20.0. The molecule has 0 amide bonds. The van der Waals surface area contributed by atoms with Crippen LogP contribution in [-0.4, -0.2) is 21.9 Å². The Bertz CT molecular complexity index is 1200. The molecule has 4 rings (SSSR count). The van der Waals surface area contributed by atoms with Gasteiger partial charge < -0.3 is 0 Å². The van der Waals surface area contributed by atoms with E-state index in [1.165, 1.54) is 34.6 Å². The molecule has 0 saturated carbocycles. The van der Waals surface area contributed by atoms with Gasteiger partial charge in [-0.05, 0) is 43.9 Å². The minimum atomic E-state index is -0.391. The van der Waals surface area contributed by atoms with Crippen molar-refractivity contribution in [3.05, 3.63) is 92.1 Å². The third kappa shape index (κ3) is 4.16. The average Bonchev–Trinajstić information content (AvgIpc) is 3.15. The Morgan fingerprint density at radius 1 is 1.20 bits per heavy atom. The average molecular weight is 419 g/mol. The number of aromatic nitrogens is 1. The van der Waals surface area contributed by atoms with Crippen LogP contribution in [0.15, 0.2) is 76.2 Å². The number of thiazole rings is 1. The van der Waals surface area contributed by atoms with Crippen molar-refractivity contribution in [3.8, 4) is 11.3 Å². The summed E-state index contributed by atoms with van der Waals surface area (Å²) in [5.74, 6) is 0. The molecule has 0 saturated heterocycles. The van der Waals surface area contributed by atoms with E-state index < -0.39 is 4.92 Å². The summed E-state index contributed by atoms with van der Waals surface area (Å²) in [6.45, 7) is 6.41. The van der Waals surface area contributed by atoms with E-state index in [1.807, 2.05) is 23.0 Å². The highest BCUT2D eigenvalue weighted by Crippen LogP contribution is 2.25. The van der Waals surface area contributed by atoms with Crippen LogP contribution in [0.3, 0.4) is 0 Å². The van der Waals surface area contributed by atoms with E-state index in [0.29, 0.717) is 6.54 Å². The first-order valence-corrected chi connectivity index (χ1v) is 10.7. The van der Waals surface area contributed by atoms with Crippen LogP contribution < -0.4 is 4.80 Å². The van der Waals surface area contributed by atoms with Gasteiger partial charge in [0.25, 0.3) is 5.69 Å². The highest BCUT2D eigenvalue weighted by molar-refractivity contribution is 7.07. The zero-order chi connectivity index (χ0) is 21.1. The number of fused-ring (bicyclic) bond motifs is 1. The number of rotatable bonds is 5. The van der Waals surface area contributed by atoms with E-state index in [1.54, 1.807) is 12.1 Å². The summed E-state index contributed by atoms with van der Waals surface area (Å²) in [6, 6.07) is 14.9. The van der Waals surface area contributed by atoms with Crippen molar-refractivity contribution in [1.82, 2.24) is 4.68 Å². The van der Waals surface area contributed by atoms with Crippen molar-refractivity contribution in [2.45, 2.75) is 26.2 Å². The van der Waals surface area contributed by atoms with E-state index in [9.17, 15) is 10.1 Å². The molecule has 0 spiro atoms. The lowest BCUT2D eigenvalue weighted by molar-refractivity contribution is -0.384. The maximum absolute atomic E-state index is 11.0. The molecule has 3 aromatic rings. The lowest BCUT2D eigenvalue weighted by Crippen LogP contribution is -2.18. The summed E-state index contributed by atoms with van der Waals surface area (Å²) in [6.07, 6.45) is 3.02. The van der Waals surface area contributed by atoms with Gasteiger partial charge in [-0.1, -0.05) is 36.4 Å². The number of benzene rings is 2. The molecule has 1 aliphatic carbocycles. The van der Waals surface area contributed by atoms with Gasteiger partial charge in [0.15, 0.2) is 0 Å². The molecule has 0 N–H and O–H groups in total. The first-order chi connectivity index (χ1) is 14.5. The van der Waals surface area contributed by atoms with Crippen LogP contribution >= 0.6 is 11.3 Å². The third-order valence-corrected chi connectivity index (χ3v) is 5.81. The number of nitro groups is 1. The van der Waals surface area contributed by atoms with Gasteiger partial charge in [-0.15, -0.1) is 11.3 Å². The predicted molar refractivity (Wildman–Crippen MR) is 121 cm³/mol. The molecule has 0 radical (unpaired) electrons. The normalized spacial score (nSPS) is 15.2. The molecule has 0 unspecified atom stereocenters. The van der Waals surface area contributed by atoms with Crippen molar-refractivity contribution in [2.75, 3.05) is 6.54 Å². The topological polar surface area (TPSA) is 72.8 Å². The van der Waals surface area contributed by atoms with Crippen molar-refractivity contribution < 1.29 is 4.92 Å². The van der Waals surface area contributed by atoms with Gasteiger partial charge in [0.05, 0.1) is 22.9 Å². The van der Waals surface area contributed by atoms with Gasteiger partial charge in [0.2, 0.25) is 4.80 Å². The molecule has 152 valence electrons. The van der Waals surface area contributed by atoms with Gasteiger partial charge >= 0.3 is 0 Å². The van der Waals surface area contributed by atoms with Gasteiger partial charge in [-0.3, -0.25) is 15.1 Å². The summed E-state index contributed by atoms with van der Waals surface area (Å²) in [4.78, 5) is 16.1. The Hall–Kier alpha value is -3.32. The quantitative estimate of drug-likeness (QED) is 0.325. The van der Waals surface area contributed by atoms with Crippen molar-refractivity contribution >= 4 is 22.7 Å². The summed E-state index contributed by atoms with van der Waals surface area (Å²) < 4.78 is 1.87. The van der Waals surface area contributed by atoms with E-state index in [0.717, 1.165) is 46.6 Å². The van der Waals surface area contributed by atoms with Gasteiger partial charge in [0.1, 0.15) is 0 Å². The fraction of sp³-hybridized carbons (Fsp3) is 0.217. The second-order valence-electron chi connectivity index (χ2n) is 7.35. The summed E-state index contributed by atoms with van der Waals surface area (Å²) in [5, 5.41) is 18.0. The molecule has 2 aromatic carbocycles. The van der Waals surface area contributed by atoms with Gasteiger partial charge in [-0.25, -0.2) is 4.68 Å². The fourth-order valence-electron chi connectivity index (χ4n) is 3.48. The molecule has 1 aliphatic rings. The Morgan fingerprint density at radius 3 is 2.70 bits per heavy atom. The molecular formula is C23H22N4O2S. The number of non-ortho nitro benzene ring substituents is 1. The maximum atomic E-state index is 11.0. The van der Waals surface area contributed by atoms with Crippen molar-refractivity contribution in [1.29, 1.82) is 0 Å². The van der Waals surface area contributed by atoms with Crippen LogP contribution in [0.1, 0.15) is 30.9 Å². The van der Waals surface area contributed by atoms with Crippen molar-refractivity contribution in [3.63, 3.8) is 0 Å². The SMILES string of the molecule is C=C(C)CN=c1scc(-c2ccc([N+](=O)[O-])cc2)n1N=C1CCCc2ccccc21. The van der Waals surface area contributed by atoms with Crippen LogP contribution in [0.5, 0.6) is 0 Å². The van der Waals surface area contributed by atoms with Crippen LogP contribution in [0.25, 0.3) is 11.3 Å². The Labute approximate surface area is 178 Å². The minimum absolute atomic E-state index is 0.0697. The second kappa shape index (κ2) is 8.59. The number of hydrogen-bond donors (Lipinski definition) is 0. The lowest BCUT2D eigenvalue weighted by Gasteiger charge is -2.18. The zero-order valence-corrected chi connectivity index (χ0v) is 17.6. The molecule has 1 aromatic heterocycles. The second-order valence-corrected chi connectivity index (χ2v) is 8.19. The number of aryl methyl sites for hydroxylation is 1. The van der Waals surface area contributed by atoms with Crippen molar-refractivity contribution in [2.24, 2.45) is 10.1 Å². The highest BCUT2D eigenvalue weighted by atomic mass is 32.1. The fourth-order valence-corrected chi connectivity index (χ4v) is 4.32. The van der Waals surface area contributed by atoms with Gasteiger partial charge in [-0.2, -0.15) is 5.10 Å². The standard InChI is InChI=1S/C23H22N4O2S/c1-16(2)14-24-23-26(25-21-9-5-7-17-6-3-4-8-20(17)21)22(15-30-23)18-10-12-19(13-11-18)27(28)29/h3-4,6,8,10-13,15H,1,5,7,9,14H2,2H3. The Morgan fingerprint density at radius 2 is 1.97 bits per heavy atom. The predicted octanol–water partition coefficient (Wildman–Crippen LogP) is 5.19. The Balaban J connectivity index is 1.85. The monoisotopic (exact) mass is 418 g/mol. The third-order valence-electron chi connectivity index (χ3n) is 4.95. The molecule has 0 atom stereocenters. The molecule has 0 fully saturated rings. The van der Waals surface area contributed by atoms with E-state index in [4.69, 9.17) is 5.10 Å². The van der Waals surface area contributed by atoms with Crippen LogP contribution in [0, 0.1) is 10.1 Å². The van der Waals surface area contributed by atoms with Gasteiger partial charge in [0, 0.05) is 28.6 Å². The molecule has 6 nitrogen and oxygen atoms in total. The molecular weight excluding hydrogens is 396 g/mol. The minimum Gasteiger partial charge on any atom is -0.258 e. The molecule has 30 heavy (non-hydrogen) atoms. The number of nitro benzene ring substituents is 1. The van der Waals surface area contributed by atoms with E-state index in [2.05, 4.69) is 29.8 Å². The first-order valence-electron chi connectivity index (χ1n) is 9.79. The highest BCUT2D eigenvalue weighted by Gasteiger charge is 2.17. The maximum Gasteiger partial charge on any atom is 0.269 e. The lowest BCUT2D eigenvalue weighted by atomic mass is 9.90. The molecule has 0 bridgehead atoms. The Kier molecular flexibility index (Phi) is 5.72. The van der Waals surface area contributed by atoms with E-state index >= 15 is 0 Å². The summed E-state index contributed by atoms with van der Waals surface area (Å²) >= 11 is 1.51. The van der Waals surface area contributed by atoms with E-state index in [-0.39, 0.29) is 5.69 Å². The molecule has 0 aliphatic heterocycles. The smallest absolute Gasteiger partial charge is 0.258 e.